The van der Waals surface area contributed by atoms with E-state index >= 15 is 0 Å². The second-order valence-corrected chi connectivity index (χ2v) is 6.31. The fourth-order valence-corrected chi connectivity index (χ4v) is 2.98. The van der Waals surface area contributed by atoms with Crippen LogP contribution in [0.3, 0.4) is 0 Å². The monoisotopic (exact) mass is 367 g/mol. The van der Waals surface area contributed by atoms with Gasteiger partial charge in [-0.2, -0.15) is 0 Å². The van der Waals surface area contributed by atoms with Crippen LogP contribution < -0.4 is 4.74 Å². The van der Waals surface area contributed by atoms with Crippen molar-refractivity contribution in [1.29, 1.82) is 0 Å². The molecule has 0 aliphatic heterocycles. The molecule has 0 heterocycles. The highest BCUT2D eigenvalue weighted by Crippen LogP contribution is 2.35. The number of halogens is 2. The van der Waals surface area contributed by atoms with Crippen molar-refractivity contribution >= 4 is 11.6 Å². The van der Waals surface area contributed by atoms with Crippen LogP contribution in [0, 0.1) is 5.82 Å². The van der Waals surface area contributed by atoms with Crippen molar-refractivity contribution < 1.29 is 19.3 Å². The molecule has 2 rings (SSSR count). The number of phenols is 1. The van der Waals surface area contributed by atoms with Crippen LogP contribution in [-0.2, 0) is 13.1 Å². The van der Waals surface area contributed by atoms with E-state index < -0.39 is 0 Å². The summed E-state index contributed by atoms with van der Waals surface area (Å²) in [5, 5.41) is 19.8. The average molecular weight is 368 g/mol. The summed E-state index contributed by atoms with van der Waals surface area (Å²) in [6, 6.07) is 9.67. The van der Waals surface area contributed by atoms with Gasteiger partial charge in [-0.05, 0) is 41.8 Å². The smallest absolute Gasteiger partial charge is 0.176 e. The van der Waals surface area contributed by atoms with Crippen LogP contribution >= 0.6 is 11.6 Å². The highest BCUT2D eigenvalue weighted by Gasteiger charge is 2.19. The van der Waals surface area contributed by atoms with Gasteiger partial charge in [-0.3, -0.25) is 4.90 Å². The van der Waals surface area contributed by atoms with E-state index in [1.54, 1.807) is 24.3 Å². The Morgan fingerprint density at radius 3 is 2.36 bits per heavy atom. The van der Waals surface area contributed by atoms with Crippen molar-refractivity contribution in [1.82, 2.24) is 4.90 Å². The van der Waals surface area contributed by atoms with Crippen molar-refractivity contribution in [3.05, 3.63) is 58.4 Å². The van der Waals surface area contributed by atoms with Crippen LogP contribution in [0.2, 0.25) is 5.02 Å². The number of aliphatic hydroxyl groups is 1. The molecule has 136 valence electrons. The normalized spacial score (nSPS) is 12.4. The Morgan fingerprint density at radius 1 is 1.16 bits per heavy atom. The van der Waals surface area contributed by atoms with E-state index in [0.717, 1.165) is 17.5 Å². The number of methoxy groups -OCH3 is 1. The molecule has 2 aromatic carbocycles. The molecule has 0 saturated heterocycles. The fraction of sp³-hybridized carbons (Fsp3) is 0.368. The Hall–Kier alpha value is -1.82. The number of phenolic OH excluding ortho intramolecular Hbond substituents is 1. The zero-order chi connectivity index (χ0) is 18.4. The minimum absolute atomic E-state index is 0.0145. The van der Waals surface area contributed by atoms with E-state index in [2.05, 4.69) is 4.90 Å². The summed E-state index contributed by atoms with van der Waals surface area (Å²) in [4.78, 5) is 2.09. The molecule has 0 fully saturated rings. The van der Waals surface area contributed by atoms with Crippen molar-refractivity contribution in [2.75, 3.05) is 13.7 Å². The molecule has 2 N–H and O–H groups in total. The summed E-state index contributed by atoms with van der Waals surface area (Å²) in [5.41, 5.74) is 1.80. The molecule has 0 amide bonds. The molecular formula is C19H23ClFNO3. The Morgan fingerprint density at radius 2 is 1.80 bits per heavy atom. The van der Waals surface area contributed by atoms with Gasteiger partial charge in [-0.15, -0.1) is 0 Å². The molecular weight excluding hydrogens is 345 g/mol. The maximum absolute atomic E-state index is 13.1. The molecule has 25 heavy (non-hydrogen) atoms. The SMILES string of the molecule is CC[C@@H](CO)N(Cc1ccc(F)cc1)Cc1cc(Cl)c(O)c(OC)c1. The van der Waals surface area contributed by atoms with Crippen molar-refractivity contribution in [3.63, 3.8) is 0 Å². The van der Waals surface area contributed by atoms with E-state index in [0.29, 0.717) is 18.8 Å². The van der Waals surface area contributed by atoms with Crippen molar-refractivity contribution in [2.45, 2.75) is 32.5 Å². The number of aromatic hydroxyl groups is 1. The Kier molecular flexibility index (Phi) is 7.05. The number of benzene rings is 2. The molecule has 0 saturated carbocycles. The lowest BCUT2D eigenvalue weighted by Crippen LogP contribution is -2.36. The molecule has 2 aromatic rings. The topological polar surface area (TPSA) is 52.9 Å². The van der Waals surface area contributed by atoms with Crippen molar-refractivity contribution in [3.8, 4) is 11.5 Å². The van der Waals surface area contributed by atoms with Gasteiger partial charge in [0, 0.05) is 19.1 Å². The number of aliphatic hydroxyl groups excluding tert-OH is 1. The lowest BCUT2D eigenvalue weighted by molar-refractivity contribution is 0.106. The minimum atomic E-state index is -0.278. The largest absolute Gasteiger partial charge is 0.503 e. The average Bonchev–Trinajstić information content (AvgIpc) is 2.60. The van der Waals surface area contributed by atoms with Crippen LogP contribution in [0.1, 0.15) is 24.5 Å². The van der Waals surface area contributed by atoms with Crippen LogP contribution in [0.4, 0.5) is 4.39 Å². The third kappa shape index (κ3) is 5.08. The number of nitrogens with zero attached hydrogens (tertiary/aromatic N) is 1. The van der Waals surface area contributed by atoms with E-state index in [9.17, 15) is 14.6 Å². The Labute approximate surface area is 152 Å². The lowest BCUT2D eigenvalue weighted by Gasteiger charge is -2.30. The van der Waals surface area contributed by atoms with Gasteiger partial charge in [-0.25, -0.2) is 4.39 Å². The van der Waals surface area contributed by atoms with Crippen LogP contribution in [0.25, 0.3) is 0 Å². The van der Waals surface area contributed by atoms with E-state index in [-0.39, 0.29) is 29.2 Å². The van der Waals surface area contributed by atoms with Gasteiger partial charge in [0.2, 0.25) is 0 Å². The summed E-state index contributed by atoms with van der Waals surface area (Å²) >= 11 is 6.07. The minimum Gasteiger partial charge on any atom is -0.503 e. The van der Waals surface area contributed by atoms with Gasteiger partial charge in [0.25, 0.3) is 0 Å². The van der Waals surface area contributed by atoms with Gasteiger partial charge in [-0.1, -0.05) is 30.7 Å². The molecule has 0 unspecified atom stereocenters. The van der Waals surface area contributed by atoms with E-state index in [4.69, 9.17) is 16.3 Å². The van der Waals surface area contributed by atoms with Crippen LogP contribution in [0.15, 0.2) is 36.4 Å². The summed E-state index contributed by atoms with van der Waals surface area (Å²) < 4.78 is 18.3. The quantitative estimate of drug-likeness (QED) is 0.741. The maximum atomic E-state index is 13.1. The van der Waals surface area contributed by atoms with Gasteiger partial charge in [0.15, 0.2) is 11.5 Å². The summed E-state index contributed by atoms with van der Waals surface area (Å²) in [6.07, 6.45) is 0.765. The first-order valence-corrected chi connectivity index (χ1v) is 8.51. The first-order valence-electron chi connectivity index (χ1n) is 8.13. The third-order valence-electron chi connectivity index (χ3n) is 4.19. The fourth-order valence-electron chi connectivity index (χ4n) is 2.75. The number of hydrogen-bond acceptors (Lipinski definition) is 4. The Bertz CT molecular complexity index is 690. The van der Waals surface area contributed by atoms with Gasteiger partial charge in [0.05, 0.1) is 18.7 Å². The zero-order valence-electron chi connectivity index (χ0n) is 14.4. The maximum Gasteiger partial charge on any atom is 0.176 e. The molecule has 0 aromatic heterocycles. The van der Waals surface area contributed by atoms with Crippen molar-refractivity contribution in [2.24, 2.45) is 0 Å². The second-order valence-electron chi connectivity index (χ2n) is 5.90. The molecule has 0 radical (unpaired) electrons. The predicted molar refractivity (Wildman–Crippen MR) is 96.5 cm³/mol. The molecule has 4 nitrogen and oxygen atoms in total. The van der Waals surface area contributed by atoms with E-state index in [1.165, 1.54) is 19.2 Å². The summed E-state index contributed by atoms with van der Waals surface area (Å²) in [5.74, 6) is -0.0620. The Balaban J connectivity index is 2.27. The molecule has 0 aliphatic carbocycles. The number of hydrogen-bond donors (Lipinski definition) is 2. The number of rotatable bonds is 8. The summed E-state index contributed by atoms with van der Waals surface area (Å²) in [7, 11) is 1.47. The first kappa shape index (κ1) is 19.5. The lowest BCUT2D eigenvalue weighted by atomic mass is 10.1. The zero-order valence-corrected chi connectivity index (χ0v) is 15.1. The molecule has 0 bridgehead atoms. The molecule has 0 aliphatic rings. The third-order valence-corrected chi connectivity index (χ3v) is 4.48. The van der Waals surface area contributed by atoms with Gasteiger partial charge >= 0.3 is 0 Å². The predicted octanol–water partition coefficient (Wildman–Crippen LogP) is 3.97. The molecule has 1 atom stereocenters. The summed E-state index contributed by atoms with van der Waals surface area (Å²) in [6.45, 7) is 3.08. The highest BCUT2D eigenvalue weighted by atomic mass is 35.5. The van der Waals surface area contributed by atoms with E-state index in [1.807, 2.05) is 6.92 Å². The molecule has 6 heteroatoms. The number of ether oxygens (including phenoxy) is 1. The van der Waals surface area contributed by atoms with Crippen LogP contribution in [0.5, 0.6) is 11.5 Å². The van der Waals surface area contributed by atoms with Crippen LogP contribution in [-0.4, -0.2) is 34.9 Å². The standard InChI is InChI=1S/C19H23ClFNO3/c1-3-16(12-23)22(10-13-4-6-15(21)7-5-13)11-14-8-17(20)19(24)18(9-14)25-2/h4-9,16,23-24H,3,10-12H2,1-2H3/t16-/m0/s1. The second kappa shape index (κ2) is 9.04. The van der Waals surface area contributed by atoms with Gasteiger partial charge in [0.1, 0.15) is 5.82 Å². The first-order chi connectivity index (χ1) is 12.0. The van der Waals surface area contributed by atoms with Gasteiger partial charge < -0.3 is 14.9 Å². The molecule has 0 spiro atoms. The highest BCUT2D eigenvalue weighted by molar-refractivity contribution is 6.32.